The van der Waals surface area contributed by atoms with Gasteiger partial charge in [0.1, 0.15) is 11.6 Å². The molecule has 1 aliphatic heterocycles. The van der Waals surface area contributed by atoms with Crippen LogP contribution in [0.1, 0.15) is 24.8 Å². The van der Waals surface area contributed by atoms with Crippen molar-refractivity contribution in [3.05, 3.63) is 35.4 Å². The Bertz CT molecular complexity index is 451. The molecule has 1 heterocycles. The maximum Gasteiger partial charge on any atom is 0.130 e. The molecular formula is C13H16F2N2S. The maximum absolute atomic E-state index is 13.6. The summed E-state index contributed by atoms with van der Waals surface area (Å²) in [5.74, 6) is -1.07. The quantitative estimate of drug-likeness (QED) is 0.856. The fourth-order valence-corrected chi connectivity index (χ4v) is 2.64. The average Bonchev–Trinajstić information content (AvgIpc) is 2.33. The molecule has 1 aliphatic rings. The Kier molecular flexibility index (Phi) is 4.24. The van der Waals surface area contributed by atoms with Crippen LogP contribution >= 0.6 is 12.2 Å². The van der Waals surface area contributed by atoms with Gasteiger partial charge in [0.25, 0.3) is 0 Å². The monoisotopic (exact) mass is 270 g/mol. The number of rotatable bonds is 3. The molecule has 1 aromatic rings. The fourth-order valence-electron chi connectivity index (χ4n) is 2.37. The molecule has 1 unspecified atom stereocenters. The fraction of sp³-hybridized carbons (Fsp3) is 0.462. The van der Waals surface area contributed by atoms with Crippen LogP contribution in [0.25, 0.3) is 0 Å². The Labute approximate surface area is 111 Å². The minimum Gasteiger partial charge on any atom is -0.392 e. The highest BCUT2D eigenvalue weighted by molar-refractivity contribution is 7.80. The number of piperidine rings is 1. The molecular weight excluding hydrogens is 254 g/mol. The molecule has 1 saturated heterocycles. The summed E-state index contributed by atoms with van der Waals surface area (Å²) < 4.78 is 26.4. The Morgan fingerprint density at radius 2 is 2.17 bits per heavy atom. The van der Waals surface area contributed by atoms with Gasteiger partial charge in [-0.1, -0.05) is 24.7 Å². The number of nitrogens with zero attached hydrogens (tertiary/aromatic N) is 1. The minimum absolute atomic E-state index is 0.0261. The van der Waals surface area contributed by atoms with Crippen molar-refractivity contribution in [3.8, 4) is 0 Å². The number of likely N-dealkylation sites (tertiary alicyclic amines) is 1. The molecule has 0 bridgehead atoms. The zero-order valence-electron chi connectivity index (χ0n) is 10.0. The first-order valence-corrected chi connectivity index (χ1v) is 6.46. The van der Waals surface area contributed by atoms with Crippen LogP contribution in [0.4, 0.5) is 8.78 Å². The first-order valence-electron chi connectivity index (χ1n) is 6.05. The Morgan fingerprint density at radius 3 is 2.83 bits per heavy atom. The lowest BCUT2D eigenvalue weighted by molar-refractivity contribution is 0.182. The summed E-state index contributed by atoms with van der Waals surface area (Å²) >= 11 is 5.04. The summed E-state index contributed by atoms with van der Waals surface area (Å²) in [6.07, 6.45) is 3.06. The van der Waals surface area contributed by atoms with Crippen LogP contribution in [-0.2, 0) is 6.54 Å². The van der Waals surface area contributed by atoms with E-state index in [9.17, 15) is 8.78 Å². The van der Waals surface area contributed by atoms with Crippen molar-refractivity contribution >= 4 is 17.2 Å². The highest BCUT2D eigenvalue weighted by Gasteiger charge is 2.25. The summed E-state index contributed by atoms with van der Waals surface area (Å²) in [6, 6.07) is 3.70. The smallest absolute Gasteiger partial charge is 0.130 e. The second kappa shape index (κ2) is 5.71. The molecule has 1 aromatic carbocycles. The minimum atomic E-state index is -0.555. The average molecular weight is 270 g/mol. The lowest BCUT2D eigenvalue weighted by Gasteiger charge is -2.35. The van der Waals surface area contributed by atoms with E-state index in [0.29, 0.717) is 17.1 Å². The third-order valence-electron chi connectivity index (χ3n) is 3.33. The van der Waals surface area contributed by atoms with Gasteiger partial charge in [0, 0.05) is 18.2 Å². The van der Waals surface area contributed by atoms with Crippen LogP contribution in [0, 0.1) is 11.6 Å². The zero-order chi connectivity index (χ0) is 13.1. The van der Waals surface area contributed by atoms with Gasteiger partial charge < -0.3 is 5.73 Å². The van der Waals surface area contributed by atoms with E-state index in [-0.39, 0.29) is 6.04 Å². The van der Waals surface area contributed by atoms with Crippen molar-refractivity contribution in [1.29, 1.82) is 0 Å². The lowest BCUT2D eigenvalue weighted by Crippen LogP contribution is -2.46. The normalized spacial score (nSPS) is 20.9. The Hall–Kier alpha value is -1.07. The predicted molar refractivity (Wildman–Crippen MR) is 71.2 cm³/mol. The molecule has 98 valence electrons. The second-order valence-corrected chi connectivity index (χ2v) is 5.09. The van der Waals surface area contributed by atoms with Crippen LogP contribution in [0.3, 0.4) is 0 Å². The van der Waals surface area contributed by atoms with Gasteiger partial charge in [0.2, 0.25) is 0 Å². The van der Waals surface area contributed by atoms with Crippen molar-refractivity contribution in [2.24, 2.45) is 5.73 Å². The molecule has 0 aromatic heterocycles. The van der Waals surface area contributed by atoms with Gasteiger partial charge >= 0.3 is 0 Å². The van der Waals surface area contributed by atoms with Crippen molar-refractivity contribution in [2.75, 3.05) is 6.54 Å². The van der Waals surface area contributed by atoms with Crippen molar-refractivity contribution in [2.45, 2.75) is 31.8 Å². The number of hydrogen-bond acceptors (Lipinski definition) is 2. The van der Waals surface area contributed by atoms with E-state index in [1.54, 1.807) is 0 Å². The molecule has 5 heteroatoms. The predicted octanol–water partition coefficient (Wildman–Crippen LogP) is 2.61. The van der Waals surface area contributed by atoms with E-state index >= 15 is 0 Å². The van der Waals surface area contributed by atoms with Crippen molar-refractivity contribution in [3.63, 3.8) is 0 Å². The summed E-state index contributed by atoms with van der Waals surface area (Å²) in [5.41, 5.74) is 6.20. The first kappa shape index (κ1) is 13.4. The molecule has 1 atom stereocenters. The van der Waals surface area contributed by atoms with Crippen LogP contribution in [0.2, 0.25) is 0 Å². The highest BCUT2D eigenvalue weighted by Crippen LogP contribution is 2.21. The van der Waals surface area contributed by atoms with Gasteiger partial charge in [0.05, 0.1) is 11.0 Å². The molecule has 0 amide bonds. The van der Waals surface area contributed by atoms with Gasteiger partial charge in [-0.25, -0.2) is 8.78 Å². The number of benzene rings is 1. The van der Waals surface area contributed by atoms with E-state index in [0.717, 1.165) is 31.9 Å². The topological polar surface area (TPSA) is 29.3 Å². The summed E-state index contributed by atoms with van der Waals surface area (Å²) in [4.78, 5) is 2.53. The number of nitrogens with two attached hydrogens (primary N) is 1. The van der Waals surface area contributed by atoms with Gasteiger partial charge in [-0.2, -0.15) is 0 Å². The van der Waals surface area contributed by atoms with E-state index in [2.05, 4.69) is 4.90 Å². The number of halogens is 2. The third-order valence-corrected chi connectivity index (χ3v) is 3.60. The number of hydrogen-bond donors (Lipinski definition) is 1. The van der Waals surface area contributed by atoms with Gasteiger partial charge in [0.15, 0.2) is 0 Å². The SMILES string of the molecule is NC(=S)C1CCCCN1Cc1ccc(F)cc1F. The van der Waals surface area contributed by atoms with E-state index in [4.69, 9.17) is 18.0 Å². The molecule has 0 radical (unpaired) electrons. The zero-order valence-corrected chi connectivity index (χ0v) is 10.9. The van der Waals surface area contributed by atoms with Crippen LogP contribution in [0.15, 0.2) is 18.2 Å². The van der Waals surface area contributed by atoms with Crippen molar-refractivity contribution < 1.29 is 8.78 Å². The van der Waals surface area contributed by atoms with Gasteiger partial charge in [-0.3, -0.25) is 4.90 Å². The third kappa shape index (κ3) is 3.03. The molecule has 18 heavy (non-hydrogen) atoms. The largest absolute Gasteiger partial charge is 0.392 e. The van der Waals surface area contributed by atoms with Crippen LogP contribution in [-0.4, -0.2) is 22.5 Å². The van der Waals surface area contributed by atoms with Gasteiger partial charge in [-0.05, 0) is 25.5 Å². The molecule has 0 saturated carbocycles. The lowest BCUT2D eigenvalue weighted by atomic mass is 10.0. The molecule has 2 N–H and O–H groups in total. The van der Waals surface area contributed by atoms with Crippen molar-refractivity contribution in [1.82, 2.24) is 4.90 Å². The van der Waals surface area contributed by atoms with Crippen LogP contribution in [0.5, 0.6) is 0 Å². The summed E-state index contributed by atoms with van der Waals surface area (Å²) in [6.45, 7) is 1.27. The maximum atomic E-state index is 13.6. The number of thiocarbonyl (C=S) groups is 1. The Morgan fingerprint density at radius 1 is 1.39 bits per heavy atom. The van der Waals surface area contributed by atoms with E-state index < -0.39 is 11.6 Å². The highest BCUT2D eigenvalue weighted by atomic mass is 32.1. The second-order valence-electron chi connectivity index (χ2n) is 4.62. The van der Waals surface area contributed by atoms with E-state index in [1.165, 1.54) is 12.1 Å². The summed E-state index contributed by atoms with van der Waals surface area (Å²) in [7, 11) is 0. The molecule has 0 aliphatic carbocycles. The molecule has 2 nitrogen and oxygen atoms in total. The summed E-state index contributed by atoms with van der Waals surface area (Å²) in [5, 5.41) is 0. The Balaban J connectivity index is 2.13. The first-order chi connectivity index (χ1) is 8.58. The van der Waals surface area contributed by atoms with E-state index in [1.807, 2.05) is 0 Å². The molecule has 2 rings (SSSR count). The standard InChI is InChI=1S/C13H16F2N2S/c14-10-5-4-9(11(15)7-10)8-17-6-2-1-3-12(17)13(16)18/h4-5,7,12H,1-3,6,8H2,(H2,16,18). The molecule has 0 spiro atoms. The van der Waals surface area contributed by atoms with Gasteiger partial charge in [-0.15, -0.1) is 0 Å². The van der Waals surface area contributed by atoms with Crippen LogP contribution < -0.4 is 5.73 Å². The molecule has 1 fully saturated rings.